The third kappa shape index (κ3) is 2.57. The molecule has 0 radical (unpaired) electrons. The summed E-state index contributed by atoms with van der Waals surface area (Å²) in [6.07, 6.45) is 3.45. The highest BCUT2D eigenvalue weighted by molar-refractivity contribution is 7.80. The molecule has 1 aromatic carbocycles. The molecule has 0 bridgehead atoms. The van der Waals surface area contributed by atoms with E-state index in [2.05, 4.69) is 16.7 Å². The standard InChI is InChI=1S/C17H18N4OS/c18-10-12-14(19)21-16(23)13(17(12)8-4-5-9-17)15(22)20-11-6-2-1-3-7-11/h1-3,6-7,13H,4-5,8-9,19H2,(H,20,22)(H,21,23)/t13-/m0/s1. The number of hydrogen-bond donors (Lipinski definition) is 3. The Kier molecular flexibility index (Phi) is 4.05. The van der Waals surface area contributed by atoms with Crippen LogP contribution in [0.5, 0.6) is 0 Å². The first-order valence-electron chi connectivity index (χ1n) is 7.65. The molecule has 0 aromatic heterocycles. The molecule has 1 saturated carbocycles. The minimum atomic E-state index is -0.569. The Balaban J connectivity index is 1.98. The van der Waals surface area contributed by atoms with Crippen LogP contribution in [0.4, 0.5) is 5.69 Å². The van der Waals surface area contributed by atoms with E-state index >= 15 is 0 Å². The number of allylic oxidation sites excluding steroid dienone is 1. The third-order valence-corrected chi connectivity index (χ3v) is 5.09. The number of carbonyl (C=O) groups excluding carboxylic acids is 1. The normalized spacial score (nSPS) is 22.6. The van der Waals surface area contributed by atoms with Crippen LogP contribution in [0.1, 0.15) is 25.7 Å². The summed E-state index contributed by atoms with van der Waals surface area (Å²) in [5.74, 6) is -0.457. The average molecular weight is 326 g/mol. The van der Waals surface area contributed by atoms with Crippen molar-refractivity contribution in [3.8, 4) is 6.07 Å². The van der Waals surface area contributed by atoms with E-state index in [1.165, 1.54) is 0 Å². The summed E-state index contributed by atoms with van der Waals surface area (Å²) in [7, 11) is 0. The SMILES string of the molecule is N#CC1=C(N)NC(=S)[C@H](C(=O)Nc2ccccc2)C12CCCC2. The fraction of sp³-hybridized carbons (Fsp3) is 0.353. The summed E-state index contributed by atoms with van der Waals surface area (Å²) < 4.78 is 0. The van der Waals surface area contributed by atoms with Gasteiger partial charge < -0.3 is 16.4 Å². The number of nitrogens with one attached hydrogen (secondary N) is 2. The lowest BCUT2D eigenvalue weighted by molar-refractivity contribution is -0.120. The summed E-state index contributed by atoms with van der Waals surface area (Å²) in [5, 5.41) is 15.3. The second-order valence-corrected chi connectivity index (χ2v) is 6.48. The quantitative estimate of drug-likeness (QED) is 0.726. The molecule has 1 atom stereocenters. The van der Waals surface area contributed by atoms with Gasteiger partial charge in [-0.25, -0.2) is 0 Å². The highest BCUT2D eigenvalue weighted by atomic mass is 32.1. The maximum atomic E-state index is 12.9. The van der Waals surface area contributed by atoms with Gasteiger partial charge in [0.1, 0.15) is 5.82 Å². The maximum Gasteiger partial charge on any atom is 0.235 e. The Morgan fingerprint density at radius 2 is 2.00 bits per heavy atom. The number of nitrogens with zero attached hydrogens (tertiary/aromatic N) is 1. The van der Waals surface area contributed by atoms with Gasteiger partial charge in [-0.05, 0) is 25.0 Å². The van der Waals surface area contributed by atoms with Crippen LogP contribution in [0.2, 0.25) is 0 Å². The van der Waals surface area contributed by atoms with Crippen LogP contribution in [0.3, 0.4) is 0 Å². The average Bonchev–Trinajstić information content (AvgIpc) is 2.97. The molecule has 1 aromatic rings. The van der Waals surface area contributed by atoms with E-state index < -0.39 is 11.3 Å². The molecule has 0 unspecified atom stereocenters. The maximum absolute atomic E-state index is 12.9. The Hall–Kier alpha value is -2.39. The number of para-hydroxylation sites is 1. The van der Waals surface area contributed by atoms with Gasteiger partial charge in [0.15, 0.2) is 0 Å². The van der Waals surface area contributed by atoms with Crippen molar-refractivity contribution in [2.45, 2.75) is 25.7 Å². The molecular formula is C17H18N4OS. The van der Waals surface area contributed by atoms with Crippen LogP contribution >= 0.6 is 12.2 Å². The molecule has 2 aliphatic rings. The predicted octanol–water partition coefficient (Wildman–Crippen LogP) is 2.43. The minimum absolute atomic E-state index is 0.184. The lowest BCUT2D eigenvalue weighted by atomic mass is 9.66. The van der Waals surface area contributed by atoms with Crippen LogP contribution < -0.4 is 16.4 Å². The van der Waals surface area contributed by atoms with E-state index in [4.69, 9.17) is 18.0 Å². The van der Waals surface area contributed by atoms with Crippen molar-refractivity contribution in [3.63, 3.8) is 0 Å². The first-order valence-corrected chi connectivity index (χ1v) is 8.06. The van der Waals surface area contributed by atoms with Crippen molar-refractivity contribution < 1.29 is 4.79 Å². The van der Waals surface area contributed by atoms with Crippen LogP contribution in [0.25, 0.3) is 0 Å². The van der Waals surface area contributed by atoms with E-state index in [0.717, 1.165) is 31.4 Å². The topological polar surface area (TPSA) is 90.9 Å². The number of anilines is 1. The zero-order valence-corrected chi connectivity index (χ0v) is 13.5. The number of carbonyl (C=O) groups is 1. The van der Waals surface area contributed by atoms with Crippen molar-refractivity contribution in [2.24, 2.45) is 17.1 Å². The molecule has 1 fully saturated rings. The number of nitriles is 1. The van der Waals surface area contributed by atoms with Crippen molar-refractivity contribution in [3.05, 3.63) is 41.7 Å². The second-order valence-electron chi connectivity index (χ2n) is 6.04. The minimum Gasteiger partial charge on any atom is -0.384 e. The van der Waals surface area contributed by atoms with E-state index in [1.807, 2.05) is 30.3 Å². The van der Waals surface area contributed by atoms with Crippen LogP contribution in [-0.2, 0) is 4.79 Å². The van der Waals surface area contributed by atoms with Gasteiger partial charge in [0.25, 0.3) is 0 Å². The van der Waals surface area contributed by atoms with Gasteiger partial charge in [0.2, 0.25) is 5.91 Å². The van der Waals surface area contributed by atoms with E-state index in [-0.39, 0.29) is 5.91 Å². The van der Waals surface area contributed by atoms with Crippen molar-refractivity contribution >= 4 is 28.8 Å². The fourth-order valence-corrected chi connectivity index (χ4v) is 4.20. The summed E-state index contributed by atoms with van der Waals surface area (Å²) in [5.41, 5.74) is 6.59. The predicted molar refractivity (Wildman–Crippen MR) is 92.0 cm³/mol. The molecule has 118 valence electrons. The fourth-order valence-electron chi connectivity index (χ4n) is 3.75. The molecule has 0 saturated heterocycles. The van der Waals surface area contributed by atoms with Gasteiger partial charge in [-0.15, -0.1) is 0 Å². The summed E-state index contributed by atoms with van der Waals surface area (Å²) in [4.78, 5) is 13.3. The van der Waals surface area contributed by atoms with Gasteiger partial charge in [-0.1, -0.05) is 43.3 Å². The molecule has 3 rings (SSSR count). The second kappa shape index (κ2) is 6.01. The number of hydrogen-bond acceptors (Lipinski definition) is 4. The lowest BCUT2D eigenvalue weighted by Crippen LogP contribution is -2.53. The van der Waals surface area contributed by atoms with Crippen LogP contribution in [0.15, 0.2) is 41.7 Å². The Morgan fingerprint density at radius 3 is 2.61 bits per heavy atom. The van der Waals surface area contributed by atoms with E-state index in [1.54, 1.807) is 0 Å². The number of thiocarbonyl (C=S) groups is 1. The molecule has 1 amide bonds. The van der Waals surface area contributed by atoms with Crippen LogP contribution in [-0.4, -0.2) is 10.9 Å². The Bertz CT molecular complexity index is 714. The summed E-state index contributed by atoms with van der Waals surface area (Å²) in [6.45, 7) is 0. The molecule has 1 aliphatic carbocycles. The van der Waals surface area contributed by atoms with Crippen molar-refractivity contribution in [1.82, 2.24) is 5.32 Å². The van der Waals surface area contributed by atoms with Gasteiger partial charge in [0.05, 0.1) is 22.5 Å². The van der Waals surface area contributed by atoms with Crippen molar-refractivity contribution in [2.75, 3.05) is 5.32 Å². The van der Waals surface area contributed by atoms with Crippen LogP contribution in [0, 0.1) is 22.7 Å². The molecule has 23 heavy (non-hydrogen) atoms. The zero-order valence-electron chi connectivity index (χ0n) is 12.6. The van der Waals surface area contributed by atoms with E-state index in [0.29, 0.717) is 16.4 Å². The smallest absolute Gasteiger partial charge is 0.235 e. The highest BCUT2D eigenvalue weighted by Gasteiger charge is 2.53. The lowest BCUT2D eigenvalue weighted by Gasteiger charge is -2.41. The molecule has 1 aliphatic heterocycles. The number of rotatable bonds is 2. The van der Waals surface area contributed by atoms with E-state index in [9.17, 15) is 10.1 Å². The molecule has 1 spiro atoms. The molecule has 6 heteroatoms. The number of nitrogens with two attached hydrogens (primary N) is 1. The monoisotopic (exact) mass is 326 g/mol. The first kappa shape index (κ1) is 15.5. The summed E-state index contributed by atoms with van der Waals surface area (Å²) in [6, 6.07) is 11.5. The van der Waals surface area contributed by atoms with Crippen molar-refractivity contribution in [1.29, 1.82) is 5.26 Å². The largest absolute Gasteiger partial charge is 0.384 e. The molecular weight excluding hydrogens is 308 g/mol. The Morgan fingerprint density at radius 1 is 1.35 bits per heavy atom. The van der Waals surface area contributed by atoms with Gasteiger partial charge in [0, 0.05) is 11.1 Å². The molecule has 5 nitrogen and oxygen atoms in total. The number of amides is 1. The number of benzene rings is 1. The zero-order chi connectivity index (χ0) is 16.4. The molecule has 4 N–H and O–H groups in total. The van der Waals surface area contributed by atoms with Gasteiger partial charge in [-0.2, -0.15) is 5.26 Å². The summed E-state index contributed by atoms with van der Waals surface area (Å²) >= 11 is 5.41. The Labute approximate surface area is 140 Å². The van der Waals surface area contributed by atoms with Gasteiger partial charge in [-0.3, -0.25) is 4.79 Å². The third-order valence-electron chi connectivity index (χ3n) is 4.75. The molecule has 1 heterocycles. The van der Waals surface area contributed by atoms with Gasteiger partial charge >= 0.3 is 0 Å². The highest BCUT2D eigenvalue weighted by Crippen LogP contribution is 2.52. The first-order chi connectivity index (χ1) is 11.1.